The molecule has 17 heavy (non-hydrogen) atoms. The van der Waals surface area contributed by atoms with Crippen LogP contribution in [0.15, 0.2) is 0 Å². The lowest BCUT2D eigenvalue weighted by Crippen LogP contribution is -2.46. The highest BCUT2D eigenvalue weighted by atomic mass is 16.3. The minimum Gasteiger partial charge on any atom is -0.392 e. The van der Waals surface area contributed by atoms with E-state index >= 15 is 0 Å². The van der Waals surface area contributed by atoms with Gasteiger partial charge in [-0.3, -0.25) is 0 Å². The van der Waals surface area contributed by atoms with Gasteiger partial charge in [-0.05, 0) is 36.5 Å². The van der Waals surface area contributed by atoms with Gasteiger partial charge in [-0.15, -0.1) is 0 Å². The highest BCUT2D eigenvalue weighted by Gasteiger charge is 2.30. The van der Waals surface area contributed by atoms with Crippen molar-refractivity contribution in [1.82, 2.24) is 5.32 Å². The largest absolute Gasteiger partial charge is 0.392 e. The Balaban J connectivity index is 2.46. The SMILES string of the molecule is CC1CCC(C(C)C)C(NCC(O)C(C)C)C1. The maximum atomic E-state index is 9.89. The van der Waals surface area contributed by atoms with Crippen molar-refractivity contribution in [3.05, 3.63) is 0 Å². The van der Waals surface area contributed by atoms with Crippen LogP contribution in [0.3, 0.4) is 0 Å². The Labute approximate surface area is 107 Å². The first kappa shape index (κ1) is 15.0. The Morgan fingerprint density at radius 1 is 1.18 bits per heavy atom. The Bertz CT molecular complexity index is 215. The molecule has 1 saturated carbocycles. The first-order chi connectivity index (χ1) is 7.91. The van der Waals surface area contributed by atoms with Gasteiger partial charge in [0.2, 0.25) is 0 Å². The van der Waals surface area contributed by atoms with Crippen molar-refractivity contribution in [2.45, 2.75) is 66.0 Å². The summed E-state index contributed by atoms with van der Waals surface area (Å²) in [6.07, 6.45) is 3.77. The summed E-state index contributed by atoms with van der Waals surface area (Å²) in [6, 6.07) is 0.604. The van der Waals surface area contributed by atoms with Crippen molar-refractivity contribution < 1.29 is 5.11 Å². The molecule has 4 atom stereocenters. The van der Waals surface area contributed by atoms with Gasteiger partial charge in [-0.2, -0.15) is 0 Å². The zero-order valence-corrected chi connectivity index (χ0v) is 12.2. The molecular formula is C15H31NO. The molecule has 2 N–H and O–H groups in total. The zero-order valence-electron chi connectivity index (χ0n) is 12.2. The predicted molar refractivity (Wildman–Crippen MR) is 74.0 cm³/mol. The molecule has 1 aliphatic rings. The first-order valence-electron chi connectivity index (χ1n) is 7.33. The number of aliphatic hydroxyl groups is 1. The van der Waals surface area contributed by atoms with E-state index in [9.17, 15) is 5.11 Å². The van der Waals surface area contributed by atoms with Gasteiger partial charge < -0.3 is 10.4 Å². The minimum absolute atomic E-state index is 0.208. The lowest BCUT2D eigenvalue weighted by atomic mass is 9.74. The average Bonchev–Trinajstić information content (AvgIpc) is 2.25. The molecule has 0 spiro atoms. The van der Waals surface area contributed by atoms with Crippen molar-refractivity contribution in [2.24, 2.45) is 23.7 Å². The third-order valence-electron chi connectivity index (χ3n) is 4.38. The summed E-state index contributed by atoms with van der Waals surface area (Å²) in [5, 5.41) is 13.5. The van der Waals surface area contributed by atoms with Crippen LogP contribution >= 0.6 is 0 Å². The monoisotopic (exact) mass is 241 g/mol. The quantitative estimate of drug-likeness (QED) is 0.775. The third kappa shape index (κ3) is 4.59. The maximum absolute atomic E-state index is 9.89. The van der Waals surface area contributed by atoms with Crippen molar-refractivity contribution in [3.63, 3.8) is 0 Å². The summed E-state index contributed by atoms with van der Waals surface area (Å²) in [7, 11) is 0. The second-order valence-electron chi connectivity index (χ2n) is 6.65. The molecule has 1 fully saturated rings. The highest BCUT2D eigenvalue weighted by molar-refractivity contribution is 4.86. The van der Waals surface area contributed by atoms with Crippen LogP contribution < -0.4 is 5.32 Å². The van der Waals surface area contributed by atoms with E-state index in [1.165, 1.54) is 19.3 Å². The molecule has 0 amide bonds. The normalized spacial score (nSPS) is 32.1. The fourth-order valence-electron chi connectivity index (χ4n) is 2.94. The second kappa shape index (κ2) is 6.75. The molecule has 102 valence electrons. The molecule has 2 nitrogen and oxygen atoms in total. The van der Waals surface area contributed by atoms with Gasteiger partial charge in [0.05, 0.1) is 6.10 Å². The molecule has 0 bridgehead atoms. The van der Waals surface area contributed by atoms with Crippen LogP contribution in [-0.4, -0.2) is 23.8 Å². The van der Waals surface area contributed by atoms with Crippen molar-refractivity contribution in [1.29, 1.82) is 0 Å². The predicted octanol–water partition coefficient (Wildman–Crippen LogP) is 3.05. The molecular weight excluding hydrogens is 210 g/mol. The summed E-state index contributed by atoms with van der Waals surface area (Å²) in [4.78, 5) is 0. The Morgan fingerprint density at radius 3 is 2.35 bits per heavy atom. The van der Waals surface area contributed by atoms with E-state index in [1.54, 1.807) is 0 Å². The van der Waals surface area contributed by atoms with E-state index in [4.69, 9.17) is 0 Å². The summed E-state index contributed by atoms with van der Waals surface area (Å²) in [5.41, 5.74) is 0. The Morgan fingerprint density at radius 2 is 1.82 bits per heavy atom. The molecule has 0 aromatic heterocycles. The second-order valence-corrected chi connectivity index (χ2v) is 6.65. The van der Waals surface area contributed by atoms with Gasteiger partial charge in [-0.1, -0.05) is 41.0 Å². The molecule has 4 unspecified atom stereocenters. The fourth-order valence-corrected chi connectivity index (χ4v) is 2.94. The molecule has 0 aromatic carbocycles. The number of rotatable bonds is 5. The average molecular weight is 241 g/mol. The van der Waals surface area contributed by atoms with Crippen molar-refractivity contribution in [3.8, 4) is 0 Å². The first-order valence-corrected chi connectivity index (χ1v) is 7.33. The van der Waals surface area contributed by atoms with E-state index in [-0.39, 0.29) is 6.10 Å². The zero-order chi connectivity index (χ0) is 13.0. The number of hydrogen-bond acceptors (Lipinski definition) is 2. The summed E-state index contributed by atoms with van der Waals surface area (Å²) in [5.74, 6) is 2.71. The van der Waals surface area contributed by atoms with Crippen LogP contribution in [0.4, 0.5) is 0 Å². The van der Waals surface area contributed by atoms with Gasteiger partial charge in [0.1, 0.15) is 0 Å². The summed E-state index contributed by atoms with van der Waals surface area (Å²) in [6.45, 7) is 11.9. The van der Waals surface area contributed by atoms with E-state index < -0.39 is 0 Å². The standard InChI is InChI=1S/C15H31NO/c1-10(2)13-7-6-12(5)8-14(13)16-9-15(17)11(3)4/h10-17H,6-9H2,1-5H3. The number of hydrogen-bond donors (Lipinski definition) is 2. The summed E-state index contributed by atoms with van der Waals surface area (Å²) >= 11 is 0. The van der Waals surface area contributed by atoms with Crippen LogP contribution in [0.2, 0.25) is 0 Å². The number of aliphatic hydroxyl groups excluding tert-OH is 1. The van der Waals surface area contributed by atoms with Gasteiger partial charge in [0, 0.05) is 12.6 Å². The molecule has 0 aliphatic heterocycles. The number of nitrogens with one attached hydrogen (secondary N) is 1. The fraction of sp³-hybridized carbons (Fsp3) is 1.00. The molecule has 0 heterocycles. The van der Waals surface area contributed by atoms with E-state index in [0.717, 1.165) is 24.3 Å². The molecule has 1 rings (SSSR count). The summed E-state index contributed by atoms with van der Waals surface area (Å²) < 4.78 is 0. The molecule has 0 radical (unpaired) electrons. The smallest absolute Gasteiger partial charge is 0.0687 e. The molecule has 0 aromatic rings. The lowest BCUT2D eigenvalue weighted by Gasteiger charge is -2.38. The molecule has 2 heteroatoms. The Hall–Kier alpha value is -0.0800. The van der Waals surface area contributed by atoms with Crippen LogP contribution in [0.5, 0.6) is 0 Å². The third-order valence-corrected chi connectivity index (χ3v) is 4.38. The van der Waals surface area contributed by atoms with E-state index in [0.29, 0.717) is 12.0 Å². The Kier molecular flexibility index (Phi) is 5.94. The topological polar surface area (TPSA) is 32.3 Å². The van der Waals surface area contributed by atoms with E-state index in [1.807, 2.05) is 0 Å². The van der Waals surface area contributed by atoms with Crippen LogP contribution in [-0.2, 0) is 0 Å². The maximum Gasteiger partial charge on any atom is 0.0687 e. The van der Waals surface area contributed by atoms with Gasteiger partial charge in [0.25, 0.3) is 0 Å². The van der Waals surface area contributed by atoms with Gasteiger partial charge in [0.15, 0.2) is 0 Å². The lowest BCUT2D eigenvalue weighted by molar-refractivity contribution is 0.100. The van der Waals surface area contributed by atoms with Crippen LogP contribution in [0.1, 0.15) is 53.9 Å². The van der Waals surface area contributed by atoms with Gasteiger partial charge >= 0.3 is 0 Å². The minimum atomic E-state index is -0.208. The van der Waals surface area contributed by atoms with Gasteiger partial charge in [-0.25, -0.2) is 0 Å². The van der Waals surface area contributed by atoms with Crippen molar-refractivity contribution >= 4 is 0 Å². The molecule has 1 aliphatic carbocycles. The molecule has 0 saturated heterocycles. The van der Waals surface area contributed by atoms with Crippen LogP contribution in [0, 0.1) is 23.7 Å². The van der Waals surface area contributed by atoms with Crippen molar-refractivity contribution in [2.75, 3.05) is 6.54 Å². The van der Waals surface area contributed by atoms with E-state index in [2.05, 4.69) is 39.9 Å². The van der Waals surface area contributed by atoms with Crippen LogP contribution in [0.25, 0.3) is 0 Å². The highest BCUT2D eigenvalue weighted by Crippen LogP contribution is 2.33.